The Kier molecular flexibility index (Phi) is 7.85. The molecule has 0 aromatic heterocycles. The minimum atomic E-state index is -0.327. The molecule has 1 fully saturated rings. The van der Waals surface area contributed by atoms with Crippen LogP contribution in [0.2, 0.25) is 5.02 Å². The van der Waals surface area contributed by atoms with Crippen LogP contribution in [-0.4, -0.2) is 36.9 Å². The zero-order valence-corrected chi connectivity index (χ0v) is 20.7. The van der Waals surface area contributed by atoms with Crippen LogP contribution >= 0.6 is 11.6 Å². The second kappa shape index (κ2) is 11.2. The minimum Gasteiger partial charge on any atom is -0.493 e. The molecule has 7 heteroatoms. The molecule has 1 N–H and O–H groups in total. The molecule has 35 heavy (non-hydrogen) atoms. The number of carbonyl (C=O) groups excluding carboxylic acids is 1. The van der Waals surface area contributed by atoms with Crippen LogP contribution in [0.4, 0.5) is 0 Å². The number of nitrogens with zero attached hydrogens (tertiary/aromatic N) is 2. The maximum Gasteiger partial charge on any atom is 0.303 e. The molecule has 1 aliphatic rings. The van der Waals surface area contributed by atoms with Crippen molar-refractivity contribution in [3.63, 3.8) is 0 Å². The molecule has 6 nitrogen and oxygen atoms in total. The summed E-state index contributed by atoms with van der Waals surface area (Å²) in [7, 11) is 1.61. The number of nitrogens with one attached hydrogen (secondary N) is 1. The molecule has 0 bridgehead atoms. The summed E-state index contributed by atoms with van der Waals surface area (Å²) in [5, 5.41) is 7.04. The maximum absolute atomic E-state index is 13.3. The summed E-state index contributed by atoms with van der Waals surface area (Å²) in [5.41, 5.74) is 3.71. The molecule has 1 amide bonds. The minimum absolute atomic E-state index is 0.0415. The van der Waals surface area contributed by atoms with E-state index in [0.29, 0.717) is 36.2 Å². The zero-order chi connectivity index (χ0) is 24.8. The molecule has 180 valence electrons. The van der Waals surface area contributed by atoms with Crippen molar-refractivity contribution in [3.05, 3.63) is 107 Å². The number of amides is 1. The number of rotatable bonds is 9. The molecule has 2 atom stereocenters. The van der Waals surface area contributed by atoms with Crippen LogP contribution < -0.4 is 14.4 Å². The van der Waals surface area contributed by atoms with Crippen molar-refractivity contribution in [1.82, 2.24) is 5.01 Å². The number of hydrogen-bond acceptors (Lipinski definition) is 4. The van der Waals surface area contributed by atoms with E-state index in [0.717, 1.165) is 27.3 Å². The molecule has 1 saturated heterocycles. The van der Waals surface area contributed by atoms with Gasteiger partial charge in [0.2, 0.25) is 6.17 Å². The predicted octanol–water partition coefficient (Wildman–Crippen LogP) is 4.26. The first-order chi connectivity index (χ1) is 17.0. The number of halogens is 1. The second-order valence-electron chi connectivity index (χ2n) is 8.34. The van der Waals surface area contributed by atoms with E-state index in [1.807, 2.05) is 67.6 Å². The van der Waals surface area contributed by atoms with Crippen molar-refractivity contribution in [2.45, 2.75) is 19.6 Å². The van der Waals surface area contributed by atoms with E-state index in [1.54, 1.807) is 18.2 Å². The number of hydrogen-bond donors (Lipinski definition) is 1. The Labute approximate surface area is 211 Å². The van der Waals surface area contributed by atoms with Gasteiger partial charge in [0.25, 0.3) is 0 Å². The number of methoxy groups -OCH3 is 1. The van der Waals surface area contributed by atoms with Gasteiger partial charge < -0.3 is 9.47 Å². The van der Waals surface area contributed by atoms with Gasteiger partial charge in [-0.2, -0.15) is 10.1 Å². The third kappa shape index (κ3) is 5.73. The smallest absolute Gasteiger partial charge is 0.303 e. The molecular formula is C28H29ClN3O3+. The molecule has 0 saturated carbocycles. The number of quaternary nitrogens is 1. The molecular weight excluding hydrogens is 462 g/mol. The summed E-state index contributed by atoms with van der Waals surface area (Å²) in [5.74, 6) is 1.18. The Balaban J connectivity index is 1.73. The van der Waals surface area contributed by atoms with Crippen molar-refractivity contribution in [1.29, 1.82) is 0 Å². The first kappa shape index (κ1) is 24.5. The average molecular weight is 491 g/mol. The molecule has 3 aromatic rings. The molecule has 3 aromatic carbocycles. The van der Waals surface area contributed by atoms with E-state index < -0.39 is 0 Å². The van der Waals surface area contributed by atoms with Crippen molar-refractivity contribution in [2.24, 2.45) is 5.10 Å². The summed E-state index contributed by atoms with van der Waals surface area (Å²) in [4.78, 5) is 14.3. The van der Waals surface area contributed by atoms with Gasteiger partial charge in [-0.15, -0.1) is 0 Å². The highest BCUT2D eigenvalue weighted by Crippen LogP contribution is 2.32. The number of benzene rings is 3. The normalized spacial score (nSPS) is 18.0. The average Bonchev–Trinajstić information content (AvgIpc) is 3.17. The van der Waals surface area contributed by atoms with Crippen molar-refractivity contribution in [2.75, 3.05) is 20.3 Å². The van der Waals surface area contributed by atoms with Crippen molar-refractivity contribution >= 4 is 23.2 Å². The Bertz CT molecular complexity index is 1210. The van der Waals surface area contributed by atoms with Crippen LogP contribution in [0.25, 0.3) is 0 Å². The highest BCUT2D eigenvalue weighted by atomic mass is 35.5. The molecule has 1 aliphatic heterocycles. The van der Waals surface area contributed by atoms with E-state index in [4.69, 9.17) is 26.2 Å². The lowest BCUT2D eigenvalue weighted by molar-refractivity contribution is -0.936. The van der Waals surface area contributed by atoms with Crippen LogP contribution in [-0.2, 0) is 11.3 Å². The topological polar surface area (TPSA) is 55.6 Å². The summed E-state index contributed by atoms with van der Waals surface area (Å²) in [6.07, 6.45) is 1.36. The van der Waals surface area contributed by atoms with Gasteiger partial charge in [0, 0.05) is 16.1 Å². The molecule has 4 rings (SSSR count). The monoisotopic (exact) mass is 490 g/mol. The van der Waals surface area contributed by atoms with Gasteiger partial charge in [0.05, 0.1) is 12.8 Å². The van der Waals surface area contributed by atoms with Crippen LogP contribution in [0.1, 0.15) is 29.8 Å². The van der Waals surface area contributed by atoms with Crippen LogP contribution in [0.15, 0.2) is 90.6 Å². The summed E-state index contributed by atoms with van der Waals surface area (Å²) in [6, 6.07) is 23.4. The third-order valence-electron chi connectivity index (χ3n) is 5.92. The molecule has 1 heterocycles. The largest absolute Gasteiger partial charge is 0.493 e. The van der Waals surface area contributed by atoms with Crippen LogP contribution in [0.3, 0.4) is 0 Å². The fourth-order valence-corrected chi connectivity index (χ4v) is 4.36. The SMILES string of the molecule is C=CCOc1ccc([C@H]2N(/N=C(/C)c3ccc(Cl)cc3)C(=O)C[NH+]2Cc2ccccc2)cc1OC. The molecule has 0 aliphatic carbocycles. The summed E-state index contributed by atoms with van der Waals surface area (Å²) >= 11 is 6.05. The van der Waals surface area contributed by atoms with Crippen LogP contribution in [0.5, 0.6) is 11.5 Å². The first-order valence-corrected chi connectivity index (χ1v) is 11.8. The van der Waals surface area contributed by atoms with Gasteiger partial charge in [-0.1, -0.05) is 66.7 Å². The second-order valence-corrected chi connectivity index (χ2v) is 8.78. The highest BCUT2D eigenvalue weighted by Gasteiger charge is 2.43. The summed E-state index contributed by atoms with van der Waals surface area (Å²) < 4.78 is 11.3. The quantitative estimate of drug-likeness (QED) is 0.360. The Hall–Kier alpha value is -3.61. The molecule has 1 unspecified atom stereocenters. The van der Waals surface area contributed by atoms with Gasteiger partial charge in [0.1, 0.15) is 13.2 Å². The molecule has 0 radical (unpaired) electrons. The Morgan fingerprint density at radius 2 is 1.89 bits per heavy atom. The molecule has 0 spiro atoms. The third-order valence-corrected chi connectivity index (χ3v) is 6.17. The highest BCUT2D eigenvalue weighted by molar-refractivity contribution is 6.30. The lowest BCUT2D eigenvalue weighted by Crippen LogP contribution is -3.09. The van der Waals surface area contributed by atoms with Gasteiger partial charge in [-0.3, -0.25) is 9.69 Å². The van der Waals surface area contributed by atoms with Crippen molar-refractivity contribution < 1.29 is 19.2 Å². The van der Waals surface area contributed by atoms with E-state index in [2.05, 4.69) is 18.7 Å². The standard InChI is InChI=1S/C28H28ClN3O3/c1-4-16-35-25-15-12-23(17-26(25)34-3)28-31(18-21-8-6-5-7-9-21)19-27(33)32(28)30-20(2)22-10-13-24(29)14-11-22/h4-15,17,28H,1,16,18-19H2,2-3H3/p+1/b30-20-/t28-/m1/s1. The number of ether oxygens (including phenoxy) is 2. The fraction of sp³-hybridized carbons (Fsp3) is 0.214. The lowest BCUT2D eigenvalue weighted by Gasteiger charge is -2.25. The lowest BCUT2D eigenvalue weighted by atomic mass is 10.1. The number of hydrazone groups is 1. The van der Waals surface area contributed by atoms with Gasteiger partial charge in [-0.05, 0) is 42.8 Å². The van der Waals surface area contributed by atoms with E-state index in [9.17, 15) is 4.79 Å². The van der Waals surface area contributed by atoms with E-state index in [-0.39, 0.29) is 12.1 Å². The van der Waals surface area contributed by atoms with E-state index in [1.165, 1.54) is 0 Å². The van der Waals surface area contributed by atoms with Gasteiger partial charge in [-0.25, -0.2) is 0 Å². The predicted molar refractivity (Wildman–Crippen MR) is 138 cm³/mol. The Morgan fingerprint density at radius 3 is 2.57 bits per heavy atom. The van der Waals surface area contributed by atoms with E-state index >= 15 is 0 Å². The zero-order valence-electron chi connectivity index (χ0n) is 19.9. The van der Waals surface area contributed by atoms with Crippen LogP contribution in [0, 0.1) is 0 Å². The van der Waals surface area contributed by atoms with Gasteiger partial charge >= 0.3 is 5.91 Å². The fourth-order valence-electron chi connectivity index (χ4n) is 4.23. The number of carbonyl (C=O) groups is 1. The maximum atomic E-state index is 13.3. The van der Waals surface area contributed by atoms with Gasteiger partial charge in [0.15, 0.2) is 18.0 Å². The van der Waals surface area contributed by atoms with Crippen molar-refractivity contribution in [3.8, 4) is 11.5 Å². The first-order valence-electron chi connectivity index (χ1n) is 11.4. The Morgan fingerprint density at radius 1 is 1.14 bits per heavy atom. The summed E-state index contributed by atoms with van der Waals surface area (Å²) in [6.45, 7) is 6.98.